The zero-order valence-corrected chi connectivity index (χ0v) is 15.3. The van der Waals surface area contributed by atoms with Crippen LogP contribution in [0.1, 0.15) is 10.4 Å². The van der Waals surface area contributed by atoms with E-state index in [1.807, 2.05) is 0 Å². The fraction of sp³-hybridized carbons (Fsp3) is 0.0588. The molecule has 7 nitrogen and oxygen atoms in total. The molecule has 3 rings (SSSR count). The van der Waals surface area contributed by atoms with Gasteiger partial charge in [-0.15, -0.1) is 11.3 Å². The van der Waals surface area contributed by atoms with E-state index in [0.29, 0.717) is 16.9 Å². The van der Waals surface area contributed by atoms with Gasteiger partial charge in [-0.2, -0.15) is 0 Å². The maximum Gasteiger partial charge on any atom is 0.337 e. The van der Waals surface area contributed by atoms with Crippen LogP contribution in [0, 0.1) is 0 Å². The zero-order valence-electron chi connectivity index (χ0n) is 13.7. The van der Waals surface area contributed by atoms with Crippen LogP contribution in [0.5, 0.6) is 0 Å². The van der Waals surface area contributed by atoms with Crippen molar-refractivity contribution in [2.24, 2.45) is 0 Å². The highest BCUT2D eigenvalue weighted by Crippen LogP contribution is 2.21. The highest BCUT2D eigenvalue weighted by atomic mass is 32.2. The zero-order chi connectivity index (χ0) is 18.6. The van der Waals surface area contributed by atoms with E-state index >= 15 is 0 Å². The Morgan fingerprint density at radius 1 is 1.12 bits per heavy atom. The highest BCUT2D eigenvalue weighted by Gasteiger charge is 2.15. The summed E-state index contributed by atoms with van der Waals surface area (Å²) in [6.45, 7) is 0. The number of carbonyl (C=O) groups excluding carboxylic acids is 1. The van der Waals surface area contributed by atoms with Crippen LogP contribution in [0.15, 0.2) is 64.3 Å². The molecule has 0 unspecified atom stereocenters. The first-order valence-electron chi connectivity index (χ1n) is 7.46. The summed E-state index contributed by atoms with van der Waals surface area (Å²) < 4.78 is 31.7. The van der Waals surface area contributed by atoms with E-state index in [4.69, 9.17) is 4.74 Å². The van der Waals surface area contributed by atoms with Gasteiger partial charge in [0, 0.05) is 5.69 Å². The molecule has 0 atom stereocenters. The quantitative estimate of drug-likeness (QED) is 0.627. The minimum absolute atomic E-state index is 0.215. The predicted octanol–water partition coefficient (Wildman–Crippen LogP) is 3.47. The summed E-state index contributed by atoms with van der Waals surface area (Å²) in [6, 6.07) is 13.3. The van der Waals surface area contributed by atoms with Crippen LogP contribution in [0.3, 0.4) is 0 Å². The van der Waals surface area contributed by atoms with E-state index in [1.165, 1.54) is 19.4 Å². The van der Waals surface area contributed by atoms with Crippen LogP contribution in [-0.4, -0.2) is 26.5 Å². The second-order valence-electron chi connectivity index (χ2n) is 5.17. The van der Waals surface area contributed by atoms with Crippen LogP contribution < -0.4 is 10.0 Å². The standard InChI is InChI=1S/C17H15N3O4S2/c1-24-17(21)12-4-2-5-13(10-12)19-14-7-8-15(18-11-14)20-26(22,23)16-6-3-9-25-16/h2-11,19H,1H3,(H,18,20). The van der Waals surface area contributed by atoms with Gasteiger partial charge in [0.25, 0.3) is 10.0 Å². The average molecular weight is 389 g/mol. The first kappa shape index (κ1) is 17.9. The molecule has 0 bridgehead atoms. The number of carbonyl (C=O) groups is 1. The van der Waals surface area contributed by atoms with Crippen molar-refractivity contribution in [2.75, 3.05) is 17.1 Å². The molecule has 2 heterocycles. The average Bonchev–Trinajstić information content (AvgIpc) is 3.18. The monoisotopic (exact) mass is 389 g/mol. The lowest BCUT2D eigenvalue weighted by Gasteiger charge is -2.09. The lowest BCUT2D eigenvalue weighted by atomic mass is 10.2. The van der Waals surface area contributed by atoms with Gasteiger partial charge in [0.2, 0.25) is 0 Å². The Hall–Kier alpha value is -2.91. The third-order valence-corrected chi connectivity index (χ3v) is 6.09. The Labute approximate surface area is 154 Å². The van der Waals surface area contributed by atoms with Crippen LogP contribution in [-0.2, 0) is 14.8 Å². The van der Waals surface area contributed by atoms with Crippen LogP contribution in [0.25, 0.3) is 0 Å². The van der Waals surface area contributed by atoms with E-state index in [-0.39, 0.29) is 10.0 Å². The molecule has 0 aliphatic carbocycles. The molecule has 0 saturated carbocycles. The van der Waals surface area contributed by atoms with E-state index in [9.17, 15) is 13.2 Å². The lowest BCUT2D eigenvalue weighted by molar-refractivity contribution is 0.0601. The van der Waals surface area contributed by atoms with Crippen LogP contribution in [0.2, 0.25) is 0 Å². The lowest BCUT2D eigenvalue weighted by Crippen LogP contribution is -2.12. The van der Waals surface area contributed by atoms with Crippen molar-refractivity contribution in [3.8, 4) is 0 Å². The SMILES string of the molecule is COC(=O)c1cccc(Nc2ccc(NS(=O)(=O)c3cccs3)nc2)c1. The predicted molar refractivity (Wildman–Crippen MR) is 100 cm³/mol. The van der Waals surface area contributed by atoms with Gasteiger partial charge < -0.3 is 10.1 Å². The molecule has 2 aromatic heterocycles. The molecule has 134 valence electrons. The molecule has 0 saturated heterocycles. The van der Waals surface area contributed by atoms with E-state index < -0.39 is 16.0 Å². The first-order chi connectivity index (χ1) is 12.5. The number of methoxy groups -OCH3 is 1. The summed E-state index contributed by atoms with van der Waals surface area (Å²) in [7, 11) is -2.30. The van der Waals surface area contributed by atoms with Crippen molar-refractivity contribution in [2.45, 2.75) is 4.21 Å². The molecule has 0 aliphatic rings. The van der Waals surface area contributed by atoms with Gasteiger partial charge in [0.1, 0.15) is 10.0 Å². The number of thiophene rings is 1. The van der Waals surface area contributed by atoms with Gasteiger partial charge in [-0.05, 0) is 41.8 Å². The number of benzene rings is 1. The van der Waals surface area contributed by atoms with Crippen molar-refractivity contribution in [3.05, 3.63) is 65.7 Å². The van der Waals surface area contributed by atoms with Crippen LogP contribution >= 0.6 is 11.3 Å². The second kappa shape index (κ2) is 7.54. The van der Waals surface area contributed by atoms with Crippen molar-refractivity contribution >= 4 is 44.5 Å². The third kappa shape index (κ3) is 4.19. The Morgan fingerprint density at radius 2 is 1.96 bits per heavy atom. The first-order valence-corrected chi connectivity index (χ1v) is 9.82. The molecule has 0 aliphatic heterocycles. The highest BCUT2D eigenvalue weighted by molar-refractivity contribution is 7.94. The topological polar surface area (TPSA) is 97.4 Å². The Bertz CT molecular complexity index is 1000. The summed E-state index contributed by atoms with van der Waals surface area (Å²) in [5, 5.41) is 4.79. The van der Waals surface area contributed by atoms with Crippen molar-refractivity contribution in [1.29, 1.82) is 0 Å². The van der Waals surface area contributed by atoms with Gasteiger partial charge in [0.05, 0.1) is 24.6 Å². The molecule has 0 fully saturated rings. The molecule has 1 aromatic carbocycles. The molecular formula is C17H15N3O4S2. The van der Waals surface area contributed by atoms with Gasteiger partial charge in [-0.1, -0.05) is 12.1 Å². The van der Waals surface area contributed by atoms with Gasteiger partial charge in [-0.25, -0.2) is 18.2 Å². The van der Waals surface area contributed by atoms with E-state index in [2.05, 4.69) is 15.0 Å². The minimum atomic E-state index is -3.63. The third-order valence-electron chi connectivity index (χ3n) is 3.33. The fourth-order valence-electron chi connectivity index (χ4n) is 2.14. The van der Waals surface area contributed by atoms with Gasteiger partial charge in [0.15, 0.2) is 0 Å². The number of pyridine rings is 1. The van der Waals surface area contributed by atoms with Crippen molar-refractivity contribution in [3.63, 3.8) is 0 Å². The largest absolute Gasteiger partial charge is 0.465 e. The number of sulfonamides is 1. The van der Waals surface area contributed by atoms with Gasteiger partial charge >= 0.3 is 5.97 Å². The second-order valence-corrected chi connectivity index (χ2v) is 8.02. The fourth-order valence-corrected chi connectivity index (χ4v) is 4.14. The number of nitrogens with zero attached hydrogens (tertiary/aromatic N) is 1. The number of hydrogen-bond acceptors (Lipinski definition) is 7. The number of esters is 1. The summed E-state index contributed by atoms with van der Waals surface area (Å²) in [6.07, 6.45) is 1.50. The normalized spacial score (nSPS) is 11.0. The maximum atomic E-state index is 12.2. The summed E-state index contributed by atoms with van der Waals surface area (Å²) >= 11 is 1.13. The number of anilines is 3. The number of nitrogens with one attached hydrogen (secondary N) is 2. The summed E-state index contributed by atoms with van der Waals surface area (Å²) in [5.74, 6) is -0.211. The minimum Gasteiger partial charge on any atom is -0.465 e. The van der Waals surface area contributed by atoms with E-state index in [0.717, 1.165) is 11.3 Å². The molecule has 0 amide bonds. The molecule has 0 radical (unpaired) electrons. The van der Waals surface area contributed by atoms with Crippen molar-refractivity contribution < 1.29 is 17.9 Å². The van der Waals surface area contributed by atoms with Crippen LogP contribution in [0.4, 0.5) is 17.2 Å². The molecule has 3 aromatic rings. The number of ether oxygens (including phenoxy) is 1. The van der Waals surface area contributed by atoms with E-state index in [1.54, 1.807) is 47.8 Å². The molecule has 9 heteroatoms. The molecule has 2 N–H and O–H groups in total. The summed E-state index contributed by atoms with van der Waals surface area (Å²) in [4.78, 5) is 15.7. The smallest absolute Gasteiger partial charge is 0.337 e. The number of aromatic nitrogens is 1. The Balaban J connectivity index is 1.71. The number of hydrogen-bond donors (Lipinski definition) is 2. The summed E-state index contributed by atoms with van der Waals surface area (Å²) in [5.41, 5.74) is 1.75. The number of rotatable bonds is 6. The van der Waals surface area contributed by atoms with Crippen molar-refractivity contribution in [1.82, 2.24) is 4.98 Å². The Morgan fingerprint density at radius 3 is 2.62 bits per heavy atom. The molecule has 26 heavy (non-hydrogen) atoms. The maximum absolute atomic E-state index is 12.2. The molecule has 0 spiro atoms. The molecular weight excluding hydrogens is 374 g/mol. The Kier molecular flexibility index (Phi) is 5.19. The van der Waals surface area contributed by atoms with Gasteiger partial charge in [-0.3, -0.25) is 4.72 Å².